The minimum absolute atomic E-state index is 0. The second-order valence-corrected chi connectivity index (χ2v) is 7.92. The topological polar surface area (TPSA) is 67.1 Å². The second-order valence-electron chi connectivity index (χ2n) is 7.92. The average Bonchev–Trinajstić information content (AvgIpc) is 3.06. The van der Waals surface area contributed by atoms with E-state index in [2.05, 4.69) is 25.8 Å². The van der Waals surface area contributed by atoms with E-state index >= 15 is 0 Å². The van der Waals surface area contributed by atoms with Crippen molar-refractivity contribution in [3.63, 3.8) is 0 Å². The summed E-state index contributed by atoms with van der Waals surface area (Å²) in [6.45, 7) is 2.85. The number of aryl methyl sites for hydroxylation is 1. The van der Waals surface area contributed by atoms with E-state index in [9.17, 15) is 13.2 Å². The van der Waals surface area contributed by atoms with Crippen LogP contribution in [0.4, 0.5) is 13.2 Å². The van der Waals surface area contributed by atoms with Gasteiger partial charge in [-0.3, -0.25) is 4.99 Å². The molecule has 31 heavy (non-hydrogen) atoms. The molecule has 0 amide bonds. The molecule has 0 radical (unpaired) electrons. The summed E-state index contributed by atoms with van der Waals surface area (Å²) in [5.74, 6) is 2.19. The van der Waals surface area contributed by atoms with Crippen LogP contribution in [0.2, 0.25) is 0 Å². The first-order valence-corrected chi connectivity index (χ1v) is 10.2. The van der Waals surface area contributed by atoms with Gasteiger partial charge in [0.15, 0.2) is 11.8 Å². The highest BCUT2D eigenvalue weighted by atomic mass is 127. The van der Waals surface area contributed by atoms with E-state index in [4.69, 9.17) is 0 Å². The van der Waals surface area contributed by atoms with E-state index in [0.29, 0.717) is 19.0 Å². The molecule has 2 N–H and O–H groups in total. The Morgan fingerprint density at radius 3 is 2.45 bits per heavy atom. The summed E-state index contributed by atoms with van der Waals surface area (Å²) in [7, 11) is 3.57. The molecule has 0 atom stereocenters. The van der Waals surface area contributed by atoms with Gasteiger partial charge in [0.2, 0.25) is 0 Å². The Bertz CT molecular complexity index is 887. The number of nitrogens with zero attached hydrogens (tertiary/aromatic N) is 4. The SMILES string of the molecule is CN=C(NCc1nnc(C)n1C)NCC1(c2cccc(C(F)(F)F)c2)CCCCC1.I. The lowest BCUT2D eigenvalue weighted by Gasteiger charge is -2.38. The fourth-order valence-electron chi connectivity index (χ4n) is 4.06. The fraction of sp³-hybridized carbons (Fsp3) is 0.571. The van der Waals surface area contributed by atoms with Gasteiger partial charge in [-0.15, -0.1) is 34.2 Å². The molecule has 1 aliphatic carbocycles. The van der Waals surface area contributed by atoms with Crippen LogP contribution >= 0.6 is 24.0 Å². The fourth-order valence-corrected chi connectivity index (χ4v) is 4.06. The zero-order valence-corrected chi connectivity index (χ0v) is 20.4. The summed E-state index contributed by atoms with van der Waals surface area (Å²) in [6, 6.07) is 5.78. The van der Waals surface area contributed by atoms with Gasteiger partial charge < -0.3 is 15.2 Å². The molecule has 0 aliphatic heterocycles. The van der Waals surface area contributed by atoms with Crippen LogP contribution in [0.1, 0.15) is 54.9 Å². The van der Waals surface area contributed by atoms with E-state index in [-0.39, 0.29) is 29.4 Å². The minimum atomic E-state index is -4.34. The second kappa shape index (κ2) is 10.6. The van der Waals surface area contributed by atoms with Gasteiger partial charge in [0.25, 0.3) is 0 Å². The zero-order chi connectivity index (χ0) is 21.8. The molecule has 0 unspecified atom stereocenters. The molecular formula is C21H30F3IN6. The Labute approximate surface area is 198 Å². The molecule has 2 aromatic rings. The van der Waals surface area contributed by atoms with Gasteiger partial charge in [0, 0.05) is 26.1 Å². The number of halogens is 4. The highest BCUT2D eigenvalue weighted by Gasteiger charge is 2.37. The molecule has 172 valence electrons. The van der Waals surface area contributed by atoms with Crippen molar-refractivity contribution in [2.45, 2.75) is 57.2 Å². The van der Waals surface area contributed by atoms with Crippen molar-refractivity contribution in [2.75, 3.05) is 13.6 Å². The number of nitrogens with one attached hydrogen (secondary N) is 2. The van der Waals surface area contributed by atoms with E-state index < -0.39 is 11.7 Å². The molecule has 1 fully saturated rings. The summed E-state index contributed by atoms with van der Waals surface area (Å²) in [6.07, 6.45) is 0.468. The largest absolute Gasteiger partial charge is 0.416 e. The van der Waals surface area contributed by atoms with Crippen LogP contribution in [0.3, 0.4) is 0 Å². The van der Waals surface area contributed by atoms with Crippen molar-refractivity contribution in [1.29, 1.82) is 0 Å². The van der Waals surface area contributed by atoms with Crippen LogP contribution in [0, 0.1) is 6.92 Å². The van der Waals surface area contributed by atoms with Crippen LogP contribution in [0.15, 0.2) is 29.3 Å². The maximum atomic E-state index is 13.3. The molecule has 1 saturated carbocycles. The van der Waals surface area contributed by atoms with Crippen molar-refractivity contribution >= 4 is 29.9 Å². The van der Waals surface area contributed by atoms with Crippen LogP contribution in [-0.2, 0) is 25.2 Å². The molecule has 0 bridgehead atoms. The number of hydrogen-bond donors (Lipinski definition) is 2. The van der Waals surface area contributed by atoms with E-state index in [1.165, 1.54) is 12.1 Å². The third-order valence-corrected chi connectivity index (χ3v) is 6.03. The molecule has 0 spiro atoms. The highest BCUT2D eigenvalue weighted by Crippen LogP contribution is 2.41. The van der Waals surface area contributed by atoms with Crippen LogP contribution in [-0.4, -0.2) is 34.3 Å². The van der Waals surface area contributed by atoms with Gasteiger partial charge in [-0.05, 0) is 31.4 Å². The summed E-state index contributed by atoms with van der Waals surface area (Å²) < 4.78 is 41.7. The summed E-state index contributed by atoms with van der Waals surface area (Å²) in [5, 5.41) is 14.7. The molecule has 10 heteroatoms. The molecule has 0 saturated heterocycles. The van der Waals surface area contributed by atoms with Gasteiger partial charge in [-0.2, -0.15) is 13.2 Å². The lowest BCUT2D eigenvalue weighted by Crippen LogP contribution is -2.46. The maximum absolute atomic E-state index is 13.3. The number of aromatic nitrogens is 3. The van der Waals surface area contributed by atoms with Crippen LogP contribution in [0.5, 0.6) is 0 Å². The lowest BCUT2D eigenvalue weighted by molar-refractivity contribution is -0.137. The zero-order valence-electron chi connectivity index (χ0n) is 18.1. The molecule has 1 heterocycles. The van der Waals surface area contributed by atoms with E-state index in [0.717, 1.165) is 55.4 Å². The monoisotopic (exact) mass is 550 g/mol. The lowest BCUT2D eigenvalue weighted by atomic mass is 9.69. The third-order valence-electron chi connectivity index (χ3n) is 6.03. The Hall–Kier alpha value is -1.85. The Morgan fingerprint density at radius 1 is 1.16 bits per heavy atom. The van der Waals surface area contributed by atoms with Crippen LogP contribution in [0.25, 0.3) is 0 Å². The molecular weight excluding hydrogens is 520 g/mol. The van der Waals surface area contributed by atoms with Crippen LogP contribution < -0.4 is 10.6 Å². The summed E-state index contributed by atoms with van der Waals surface area (Å²) >= 11 is 0. The first-order valence-electron chi connectivity index (χ1n) is 10.2. The van der Waals surface area contributed by atoms with Gasteiger partial charge in [0.05, 0.1) is 12.1 Å². The maximum Gasteiger partial charge on any atom is 0.416 e. The molecule has 6 nitrogen and oxygen atoms in total. The molecule has 3 rings (SSSR count). The van der Waals surface area contributed by atoms with E-state index in [1.807, 2.05) is 24.6 Å². The molecule has 1 aromatic heterocycles. The smallest absolute Gasteiger partial charge is 0.356 e. The number of benzene rings is 1. The highest BCUT2D eigenvalue weighted by molar-refractivity contribution is 14.0. The van der Waals surface area contributed by atoms with Gasteiger partial charge in [-0.25, -0.2) is 0 Å². The predicted octanol–water partition coefficient (Wildman–Crippen LogP) is 4.33. The standard InChI is InChI=1S/C21H29F3N6.HI/c1-15-28-29-18(30(15)3)13-26-19(25-2)27-14-20(10-5-4-6-11-20)16-8-7-9-17(12-16)21(22,23)24;/h7-9,12H,4-6,10-11,13-14H2,1-3H3,(H2,25,26,27);1H. The molecule has 1 aliphatic rings. The number of rotatable bonds is 5. The first kappa shape index (κ1) is 25.4. The number of guanidine groups is 1. The summed E-state index contributed by atoms with van der Waals surface area (Å²) in [4.78, 5) is 4.26. The number of aliphatic imine (C=N–C) groups is 1. The Balaban J connectivity index is 0.00000341. The molecule has 1 aromatic carbocycles. The van der Waals surface area contributed by atoms with Crippen molar-refractivity contribution in [3.05, 3.63) is 47.0 Å². The third kappa shape index (κ3) is 6.11. The van der Waals surface area contributed by atoms with Crippen molar-refractivity contribution in [3.8, 4) is 0 Å². The van der Waals surface area contributed by atoms with Gasteiger partial charge in [0.1, 0.15) is 5.82 Å². The quantitative estimate of drug-likeness (QED) is 0.331. The van der Waals surface area contributed by atoms with Crippen molar-refractivity contribution in [2.24, 2.45) is 12.0 Å². The Morgan fingerprint density at radius 2 is 1.87 bits per heavy atom. The Kier molecular flexibility index (Phi) is 8.73. The number of hydrogen-bond acceptors (Lipinski definition) is 3. The predicted molar refractivity (Wildman–Crippen MR) is 126 cm³/mol. The number of alkyl halides is 3. The average molecular weight is 550 g/mol. The van der Waals surface area contributed by atoms with Gasteiger partial charge in [-0.1, -0.05) is 37.5 Å². The minimum Gasteiger partial charge on any atom is -0.356 e. The van der Waals surface area contributed by atoms with E-state index in [1.54, 1.807) is 7.05 Å². The van der Waals surface area contributed by atoms with Gasteiger partial charge >= 0.3 is 6.18 Å². The van der Waals surface area contributed by atoms with Crippen molar-refractivity contribution < 1.29 is 13.2 Å². The first-order chi connectivity index (χ1) is 14.2. The normalized spacial score (nSPS) is 16.5. The summed E-state index contributed by atoms with van der Waals surface area (Å²) in [5.41, 5.74) is -0.201. The van der Waals surface area contributed by atoms with Crippen molar-refractivity contribution in [1.82, 2.24) is 25.4 Å².